The Morgan fingerprint density at radius 2 is 1.87 bits per heavy atom. The first kappa shape index (κ1) is 22.9. The first-order valence-electron chi connectivity index (χ1n) is 9.53. The molecule has 2 rings (SSSR count). The number of aromatic nitrogens is 1. The van der Waals surface area contributed by atoms with Gasteiger partial charge in [0.15, 0.2) is 6.61 Å². The molecular formula is C23H27N3O4. The largest absolute Gasteiger partial charge is 0.453 e. The van der Waals surface area contributed by atoms with E-state index in [2.05, 4.69) is 0 Å². The van der Waals surface area contributed by atoms with Crippen molar-refractivity contribution >= 4 is 23.5 Å². The molecule has 1 heterocycles. The van der Waals surface area contributed by atoms with Crippen LogP contribution in [0.25, 0.3) is 6.08 Å². The molecule has 0 amide bonds. The molecule has 30 heavy (non-hydrogen) atoms. The number of ether oxygens (including phenoxy) is 2. The summed E-state index contributed by atoms with van der Waals surface area (Å²) in [7, 11) is 5.47. The van der Waals surface area contributed by atoms with Crippen LogP contribution in [0.5, 0.6) is 0 Å². The summed E-state index contributed by atoms with van der Waals surface area (Å²) in [4.78, 5) is 26.8. The predicted octanol–water partition coefficient (Wildman–Crippen LogP) is 3.15. The number of methoxy groups -OCH3 is 1. The molecule has 0 aliphatic carbocycles. The van der Waals surface area contributed by atoms with Crippen molar-refractivity contribution < 1.29 is 19.1 Å². The van der Waals surface area contributed by atoms with Gasteiger partial charge in [0.05, 0.1) is 6.61 Å². The Labute approximate surface area is 177 Å². The number of esters is 1. The molecule has 0 aliphatic heterocycles. The summed E-state index contributed by atoms with van der Waals surface area (Å²) in [5, 5.41) is 9.32. The zero-order valence-electron chi connectivity index (χ0n) is 18.1. The van der Waals surface area contributed by atoms with E-state index in [1.807, 2.05) is 55.6 Å². The molecule has 0 saturated heterocycles. The van der Waals surface area contributed by atoms with Crippen molar-refractivity contribution in [3.8, 4) is 6.07 Å². The quantitative estimate of drug-likeness (QED) is 0.274. The number of hydrogen-bond acceptors (Lipinski definition) is 6. The average Bonchev–Trinajstić information content (AvgIpc) is 3.02. The van der Waals surface area contributed by atoms with E-state index in [4.69, 9.17) is 9.47 Å². The van der Waals surface area contributed by atoms with Gasteiger partial charge >= 0.3 is 5.97 Å². The standard InChI is InChI=1S/C23H27N3O4/c1-16-12-21(17(2)26(16)10-11-29-5)22(27)15-30-23(28)19(14-24)13-18-6-8-20(9-7-18)25(3)4/h6-9,12-13H,10-11,15H2,1-5H3/b19-13+. The van der Waals surface area contributed by atoms with Crippen LogP contribution in [0.4, 0.5) is 5.69 Å². The third kappa shape index (κ3) is 5.58. The fraction of sp³-hybridized carbons (Fsp3) is 0.348. The molecule has 0 bridgehead atoms. The lowest BCUT2D eigenvalue weighted by molar-refractivity contribution is -0.137. The maximum absolute atomic E-state index is 12.6. The van der Waals surface area contributed by atoms with Gasteiger partial charge in [-0.1, -0.05) is 12.1 Å². The van der Waals surface area contributed by atoms with Crippen LogP contribution in [0.1, 0.15) is 27.3 Å². The summed E-state index contributed by atoms with van der Waals surface area (Å²) in [5.74, 6) is -1.14. The van der Waals surface area contributed by atoms with E-state index in [9.17, 15) is 14.9 Å². The Hall–Kier alpha value is -3.37. The number of benzene rings is 1. The average molecular weight is 409 g/mol. The van der Waals surface area contributed by atoms with Gasteiger partial charge in [0, 0.05) is 50.4 Å². The van der Waals surface area contributed by atoms with E-state index in [1.165, 1.54) is 6.08 Å². The minimum absolute atomic E-state index is 0.161. The van der Waals surface area contributed by atoms with Gasteiger partial charge in [0.25, 0.3) is 0 Å². The van der Waals surface area contributed by atoms with Crippen molar-refractivity contribution in [1.82, 2.24) is 4.57 Å². The van der Waals surface area contributed by atoms with Crippen molar-refractivity contribution in [2.75, 3.05) is 39.3 Å². The summed E-state index contributed by atoms with van der Waals surface area (Å²) in [5.41, 5.74) is 3.76. The highest BCUT2D eigenvalue weighted by molar-refractivity contribution is 6.02. The maximum atomic E-state index is 12.6. The van der Waals surface area contributed by atoms with Gasteiger partial charge in [0.1, 0.15) is 11.6 Å². The van der Waals surface area contributed by atoms with Crippen molar-refractivity contribution in [3.05, 3.63) is 58.4 Å². The van der Waals surface area contributed by atoms with E-state index in [0.717, 1.165) is 17.1 Å². The maximum Gasteiger partial charge on any atom is 0.349 e. The van der Waals surface area contributed by atoms with Gasteiger partial charge in [-0.3, -0.25) is 4.79 Å². The van der Waals surface area contributed by atoms with Gasteiger partial charge < -0.3 is 18.9 Å². The minimum atomic E-state index is -0.823. The van der Waals surface area contributed by atoms with E-state index in [-0.39, 0.29) is 11.4 Å². The van der Waals surface area contributed by atoms with Crippen LogP contribution in [0.3, 0.4) is 0 Å². The summed E-state index contributed by atoms with van der Waals surface area (Å²) >= 11 is 0. The Morgan fingerprint density at radius 3 is 2.43 bits per heavy atom. The van der Waals surface area contributed by atoms with Crippen molar-refractivity contribution in [2.24, 2.45) is 0 Å². The number of rotatable bonds is 9. The molecule has 0 saturated carbocycles. The first-order valence-corrected chi connectivity index (χ1v) is 9.53. The molecule has 1 aromatic carbocycles. The van der Waals surface area contributed by atoms with E-state index >= 15 is 0 Å². The van der Waals surface area contributed by atoms with Crippen LogP contribution < -0.4 is 4.90 Å². The second kappa shape index (κ2) is 10.4. The lowest BCUT2D eigenvalue weighted by atomic mass is 10.1. The monoisotopic (exact) mass is 409 g/mol. The Balaban J connectivity index is 2.06. The van der Waals surface area contributed by atoms with E-state index < -0.39 is 12.6 Å². The van der Waals surface area contributed by atoms with Gasteiger partial charge in [0.2, 0.25) is 5.78 Å². The van der Waals surface area contributed by atoms with Crippen LogP contribution in [-0.2, 0) is 20.8 Å². The molecule has 0 spiro atoms. The molecule has 2 aromatic rings. The van der Waals surface area contributed by atoms with Crippen LogP contribution in [0.15, 0.2) is 35.9 Å². The number of carbonyl (C=O) groups is 2. The fourth-order valence-corrected chi connectivity index (χ4v) is 3.07. The highest BCUT2D eigenvalue weighted by Crippen LogP contribution is 2.17. The Morgan fingerprint density at radius 1 is 1.20 bits per heavy atom. The van der Waals surface area contributed by atoms with Gasteiger partial charge in [-0.2, -0.15) is 5.26 Å². The molecule has 7 nitrogen and oxygen atoms in total. The van der Waals surface area contributed by atoms with Crippen molar-refractivity contribution in [3.63, 3.8) is 0 Å². The molecule has 7 heteroatoms. The number of ketones is 1. The summed E-state index contributed by atoms with van der Waals surface area (Å²) in [6, 6.07) is 11.0. The third-order valence-corrected chi connectivity index (χ3v) is 4.79. The van der Waals surface area contributed by atoms with Crippen molar-refractivity contribution in [1.29, 1.82) is 5.26 Å². The topological polar surface area (TPSA) is 84.6 Å². The van der Waals surface area contributed by atoms with E-state index in [0.29, 0.717) is 24.3 Å². The van der Waals surface area contributed by atoms with Crippen LogP contribution >= 0.6 is 0 Å². The molecule has 0 fully saturated rings. The summed E-state index contributed by atoms with van der Waals surface area (Å²) in [6.45, 7) is 4.49. The zero-order valence-corrected chi connectivity index (χ0v) is 18.1. The van der Waals surface area contributed by atoms with Gasteiger partial charge in [-0.25, -0.2) is 4.79 Å². The Kier molecular flexibility index (Phi) is 7.96. The lowest BCUT2D eigenvalue weighted by Crippen LogP contribution is -2.16. The zero-order chi connectivity index (χ0) is 22.3. The molecule has 0 aliphatic rings. The molecule has 158 valence electrons. The molecule has 0 unspecified atom stereocenters. The molecule has 0 atom stereocenters. The number of nitriles is 1. The number of hydrogen-bond donors (Lipinski definition) is 0. The predicted molar refractivity (Wildman–Crippen MR) is 115 cm³/mol. The summed E-state index contributed by atoms with van der Waals surface area (Å²) in [6.07, 6.45) is 1.45. The van der Waals surface area contributed by atoms with Gasteiger partial charge in [-0.15, -0.1) is 0 Å². The minimum Gasteiger partial charge on any atom is -0.453 e. The normalized spacial score (nSPS) is 11.1. The molecule has 0 N–H and O–H groups in total. The molecule has 1 aromatic heterocycles. The van der Waals surface area contributed by atoms with Crippen LogP contribution in [0.2, 0.25) is 0 Å². The highest BCUT2D eigenvalue weighted by atomic mass is 16.5. The molecule has 0 radical (unpaired) electrons. The summed E-state index contributed by atoms with van der Waals surface area (Å²) < 4.78 is 12.2. The van der Waals surface area contributed by atoms with Crippen molar-refractivity contribution in [2.45, 2.75) is 20.4 Å². The number of anilines is 1. The SMILES string of the molecule is COCCn1c(C)cc(C(=O)COC(=O)/C(C#N)=C/c2ccc(N(C)C)cc2)c1C. The highest BCUT2D eigenvalue weighted by Gasteiger charge is 2.19. The lowest BCUT2D eigenvalue weighted by Gasteiger charge is -2.11. The van der Waals surface area contributed by atoms with E-state index in [1.54, 1.807) is 25.3 Å². The fourth-order valence-electron chi connectivity index (χ4n) is 3.07. The first-order chi connectivity index (χ1) is 14.3. The number of nitrogens with zero attached hydrogens (tertiary/aromatic N) is 3. The number of Topliss-reactive ketones (excluding diaryl/α,β-unsaturated/α-hetero) is 1. The number of aryl methyl sites for hydroxylation is 1. The second-order valence-electron chi connectivity index (χ2n) is 7.08. The smallest absolute Gasteiger partial charge is 0.349 e. The van der Waals surface area contributed by atoms with Crippen LogP contribution in [-0.4, -0.2) is 50.7 Å². The number of carbonyl (C=O) groups excluding carboxylic acids is 2. The Bertz CT molecular complexity index is 979. The second-order valence-corrected chi connectivity index (χ2v) is 7.08. The third-order valence-electron chi connectivity index (χ3n) is 4.79. The van der Waals surface area contributed by atoms with Gasteiger partial charge in [-0.05, 0) is 43.7 Å². The van der Waals surface area contributed by atoms with Crippen LogP contribution in [0, 0.1) is 25.2 Å². The molecular weight excluding hydrogens is 382 g/mol.